The van der Waals surface area contributed by atoms with Crippen molar-refractivity contribution in [2.75, 3.05) is 5.32 Å². The van der Waals surface area contributed by atoms with Gasteiger partial charge in [-0.1, -0.05) is 41.7 Å². The van der Waals surface area contributed by atoms with Crippen LogP contribution in [0.1, 0.15) is 5.56 Å². The highest BCUT2D eigenvalue weighted by atomic mass is 32.1. The number of hydrogen-bond donors (Lipinski definition) is 1. The maximum atomic E-state index is 12.9. The van der Waals surface area contributed by atoms with Crippen LogP contribution < -0.4 is 15.4 Å². The zero-order valence-electron chi connectivity index (χ0n) is 11.7. The number of carbonyl (C=O) groups excluding carboxylic acids is 1. The largest absolute Gasteiger partial charge is 0.321 e. The Kier molecular flexibility index (Phi) is 2.33. The number of hydrogen-bond acceptors (Lipinski definition) is 4. The van der Waals surface area contributed by atoms with Gasteiger partial charge in [0.1, 0.15) is 4.53 Å². The van der Waals surface area contributed by atoms with Crippen molar-refractivity contribution in [2.24, 2.45) is 0 Å². The second-order valence-electron chi connectivity index (χ2n) is 5.33. The van der Waals surface area contributed by atoms with Gasteiger partial charge >= 0.3 is 0 Å². The molecule has 1 N–H and O–H groups in total. The van der Waals surface area contributed by atoms with E-state index in [2.05, 4.69) is 10.3 Å². The second-order valence-corrected chi connectivity index (χ2v) is 6.31. The molecule has 1 aliphatic heterocycles. The zero-order valence-corrected chi connectivity index (χ0v) is 12.6. The number of nitrogens with one attached hydrogen (secondary N) is 1. The van der Waals surface area contributed by atoms with Crippen LogP contribution in [-0.2, 0) is 4.79 Å². The zero-order chi connectivity index (χ0) is 15.6. The number of nitrogens with zero attached hydrogens (tertiary/aromatic N) is 2. The molecule has 1 aliphatic rings. The first kappa shape index (κ1) is 12.5. The van der Waals surface area contributed by atoms with Gasteiger partial charge in [0.25, 0.3) is 11.5 Å². The van der Waals surface area contributed by atoms with Crippen molar-refractivity contribution >= 4 is 44.5 Å². The molecule has 0 unspecified atom stereocenters. The van der Waals surface area contributed by atoms with E-state index in [1.54, 1.807) is 4.40 Å². The van der Waals surface area contributed by atoms with Crippen LogP contribution in [0.15, 0.2) is 53.3 Å². The summed E-state index contributed by atoms with van der Waals surface area (Å²) < 4.78 is 2.01. The van der Waals surface area contributed by atoms with Gasteiger partial charge in [-0.3, -0.25) is 9.59 Å². The number of rotatable bonds is 0. The van der Waals surface area contributed by atoms with E-state index in [4.69, 9.17) is 0 Å². The maximum absolute atomic E-state index is 12.9. The average molecular weight is 319 g/mol. The smallest absolute Gasteiger partial charge is 0.275 e. The van der Waals surface area contributed by atoms with E-state index in [9.17, 15) is 9.59 Å². The highest BCUT2D eigenvalue weighted by molar-refractivity contribution is 7.15. The molecule has 23 heavy (non-hydrogen) atoms. The highest BCUT2D eigenvalue weighted by Gasteiger charge is 2.27. The number of thiazole rings is 1. The maximum Gasteiger partial charge on any atom is 0.275 e. The first-order valence-corrected chi connectivity index (χ1v) is 7.91. The van der Waals surface area contributed by atoms with Gasteiger partial charge in [0.05, 0.1) is 16.6 Å². The predicted octanol–water partition coefficient (Wildman–Crippen LogP) is 1.78. The van der Waals surface area contributed by atoms with E-state index in [0.717, 1.165) is 22.3 Å². The summed E-state index contributed by atoms with van der Waals surface area (Å²) in [6, 6.07) is 14.9. The van der Waals surface area contributed by atoms with Crippen LogP contribution in [0.25, 0.3) is 21.6 Å². The molecule has 0 bridgehead atoms. The first-order valence-electron chi connectivity index (χ1n) is 7.09. The summed E-state index contributed by atoms with van der Waals surface area (Å²) in [6.07, 6.45) is 0. The third-order valence-corrected chi connectivity index (χ3v) is 5.06. The Balaban J connectivity index is 1.97. The molecule has 2 aromatic heterocycles. The van der Waals surface area contributed by atoms with E-state index < -0.39 is 0 Å². The molecule has 0 saturated carbocycles. The SMILES string of the molecule is O=C1Nc2ccccc2C1=c1sc2nc3ccccc3n2c1=O. The fraction of sp³-hybridized carbons (Fsp3) is 0. The highest BCUT2D eigenvalue weighted by Crippen LogP contribution is 2.29. The van der Waals surface area contributed by atoms with Gasteiger partial charge in [0, 0.05) is 11.3 Å². The minimum Gasteiger partial charge on any atom is -0.321 e. The van der Waals surface area contributed by atoms with Crippen molar-refractivity contribution in [3.05, 3.63) is 69.0 Å². The van der Waals surface area contributed by atoms with E-state index in [0.29, 0.717) is 15.1 Å². The molecule has 1 amide bonds. The van der Waals surface area contributed by atoms with Gasteiger partial charge in [-0.25, -0.2) is 9.38 Å². The third-order valence-electron chi connectivity index (χ3n) is 4.02. The summed E-state index contributed by atoms with van der Waals surface area (Å²) in [7, 11) is 0. The number of fused-ring (bicyclic) bond motifs is 4. The van der Waals surface area contributed by atoms with Crippen LogP contribution in [0.3, 0.4) is 0 Å². The molecule has 0 radical (unpaired) electrons. The molecule has 5 rings (SSSR count). The lowest BCUT2D eigenvalue weighted by Gasteiger charge is -1.94. The topological polar surface area (TPSA) is 63.5 Å². The molecule has 3 heterocycles. The summed E-state index contributed by atoms with van der Waals surface area (Å²) in [5.74, 6) is -0.239. The first-order chi connectivity index (χ1) is 11.2. The van der Waals surface area contributed by atoms with Crippen molar-refractivity contribution in [1.29, 1.82) is 0 Å². The predicted molar refractivity (Wildman–Crippen MR) is 89.6 cm³/mol. The van der Waals surface area contributed by atoms with Gasteiger partial charge in [0.15, 0.2) is 4.96 Å². The minimum absolute atomic E-state index is 0.194. The summed E-state index contributed by atoms with van der Waals surface area (Å²) in [5.41, 5.74) is 3.29. The van der Waals surface area contributed by atoms with Gasteiger partial charge in [-0.05, 0) is 18.2 Å². The number of amides is 1. The van der Waals surface area contributed by atoms with E-state index in [1.165, 1.54) is 11.3 Å². The van der Waals surface area contributed by atoms with Crippen LogP contribution in [0, 0.1) is 0 Å². The van der Waals surface area contributed by atoms with E-state index in [-0.39, 0.29) is 11.5 Å². The fourth-order valence-corrected chi connectivity index (χ4v) is 4.09. The summed E-state index contributed by atoms with van der Waals surface area (Å²) >= 11 is 1.26. The lowest BCUT2D eigenvalue weighted by Crippen LogP contribution is -2.27. The molecular weight excluding hydrogens is 310 g/mol. The molecule has 0 aliphatic carbocycles. The summed E-state index contributed by atoms with van der Waals surface area (Å²) in [5, 5.41) is 2.81. The third kappa shape index (κ3) is 1.58. The Bertz CT molecular complexity index is 1240. The molecule has 0 saturated heterocycles. The number of imidazole rings is 1. The van der Waals surface area contributed by atoms with E-state index >= 15 is 0 Å². The molecule has 0 spiro atoms. The number of aromatic nitrogens is 2. The van der Waals surface area contributed by atoms with Crippen LogP contribution in [-0.4, -0.2) is 15.3 Å². The number of carbonyl (C=O) groups is 1. The fourth-order valence-electron chi connectivity index (χ4n) is 3.01. The normalized spacial score (nSPS) is 16.1. The molecule has 2 aromatic carbocycles. The average Bonchev–Trinajstić information content (AvgIpc) is 3.17. The van der Waals surface area contributed by atoms with Gasteiger partial charge < -0.3 is 5.32 Å². The molecule has 0 fully saturated rings. The lowest BCUT2D eigenvalue weighted by molar-refractivity contribution is -0.110. The summed E-state index contributed by atoms with van der Waals surface area (Å²) in [4.78, 5) is 30.3. The van der Waals surface area contributed by atoms with Crippen molar-refractivity contribution in [3.8, 4) is 0 Å². The molecule has 5 nitrogen and oxygen atoms in total. The van der Waals surface area contributed by atoms with Crippen LogP contribution in [0.2, 0.25) is 0 Å². The molecule has 0 atom stereocenters. The van der Waals surface area contributed by atoms with Crippen molar-refractivity contribution in [1.82, 2.24) is 9.38 Å². The molecule has 6 heteroatoms. The van der Waals surface area contributed by atoms with Crippen molar-refractivity contribution < 1.29 is 4.79 Å². The Morgan fingerprint density at radius 3 is 2.70 bits per heavy atom. The lowest BCUT2D eigenvalue weighted by atomic mass is 10.1. The summed E-state index contributed by atoms with van der Waals surface area (Å²) in [6.45, 7) is 0. The standard InChI is InChI=1S/C17H9N3O2S/c21-15-13(9-5-1-2-6-10(9)18-15)14-16(22)20-12-8-4-3-7-11(12)19-17(20)23-14/h1-8H,(H,18,21). The Hall–Kier alpha value is -2.99. The monoisotopic (exact) mass is 319 g/mol. The van der Waals surface area contributed by atoms with Crippen LogP contribution >= 0.6 is 11.3 Å². The quantitative estimate of drug-likeness (QED) is 0.537. The van der Waals surface area contributed by atoms with Gasteiger partial charge in [0.2, 0.25) is 0 Å². The Morgan fingerprint density at radius 2 is 1.78 bits per heavy atom. The van der Waals surface area contributed by atoms with Crippen LogP contribution in [0.4, 0.5) is 5.69 Å². The number of anilines is 1. The Labute approximate surface area is 133 Å². The van der Waals surface area contributed by atoms with Gasteiger partial charge in [-0.2, -0.15) is 0 Å². The second kappa shape index (κ2) is 4.27. The number of para-hydroxylation sites is 3. The molecular formula is C17H9N3O2S. The van der Waals surface area contributed by atoms with Crippen molar-refractivity contribution in [2.45, 2.75) is 0 Å². The Morgan fingerprint density at radius 1 is 1.00 bits per heavy atom. The van der Waals surface area contributed by atoms with E-state index in [1.807, 2.05) is 48.5 Å². The molecule has 4 aromatic rings. The van der Waals surface area contributed by atoms with Crippen molar-refractivity contribution in [3.63, 3.8) is 0 Å². The minimum atomic E-state index is -0.239. The van der Waals surface area contributed by atoms with Crippen LogP contribution in [0.5, 0.6) is 0 Å². The molecule has 110 valence electrons. The number of benzene rings is 2. The van der Waals surface area contributed by atoms with Gasteiger partial charge in [-0.15, -0.1) is 0 Å².